The summed E-state index contributed by atoms with van der Waals surface area (Å²) in [4.78, 5) is 26.4. The number of benzene rings is 2. The molecule has 0 radical (unpaired) electrons. The Morgan fingerprint density at radius 2 is 1.91 bits per heavy atom. The molecule has 1 amide bonds. The van der Waals surface area contributed by atoms with Crippen LogP contribution in [0.15, 0.2) is 47.3 Å². The van der Waals surface area contributed by atoms with E-state index in [1.165, 1.54) is 4.68 Å². The van der Waals surface area contributed by atoms with Gasteiger partial charge in [-0.05, 0) is 43.5 Å². The molecule has 172 valence electrons. The van der Waals surface area contributed by atoms with Crippen LogP contribution in [0.2, 0.25) is 0 Å². The summed E-state index contributed by atoms with van der Waals surface area (Å²) in [6.45, 7) is 4.20. The summed E-state index contributed by atoms with van der Waals surface area (Å²) in [5.41, 5.74) is 1.54. The number of carbonyl (C=O) groups is 1. The molecule has 0 saturated carbocycles. The van der Waals surface area contributed by atoms with E-state index in [1.54, 1.807) is 25.6 Å². The van der Waals surface area contributed by atoms with Gasteiger partial charge in [-0.2, -0.15) is 5.10 Å². The highest BCUT2D eigenvalue weighted by Crippen LogP contribution is 2.33. The van der Waals surface area contributed by atoms with Gasteiger partial charge in [0, 0.05) is 16.6 Å². The molecule has 0 aliphatic heterocycles. The first-order chi connectivity index (χ1) is 16.0. The zero-order chi connectivity index (χ0) is 23.5. The van der Waals surface area contributed by atoms with Crippen LogP contribution in [0.3, 0.4) is 0 Å². The van der Waals surface area contributed by atoms with E-state index < -0.39 is 6.04 Å². The van der Waals surface area contributed by atoms with Crippen LogP contribution in [0.25, 0.3) is 20.2 Å². The van der Waals surface area contributed by atoms with Crippen molar-refractivity contribution in [3.05, 3.63) is 64.1 Å². The number of nitrogens with one attached hydrogen (secondary N) is 1. The molecule has 4 aromatic rings. The Morgan fingerprint density at radius 3 is 2.64 bits per heavy atom. The van der Waals surface area contributed by atoms with Gasteiger partial charge >= 0.3 is 0 Å². The molecule has 8 heteroatoms. The van der Waals surface area contributed by atoms with E-state index in [-0.39, 0.29) is 11.5 Å². The third-order valence-electron chi connectivity index (χ3n) is 5.75. The Hall–Kier alpha value is -3.39. The summed E-state index contributed by atoms with van der Waals surface area (Å²) in [5.74, 6) is 1.09. The SMILES string of the molecule is CC[C@H](C(=O)NCCc1ccc(OC)c(OC)c1)n1nc(C)c2sc3ccccc3c2c1=O. The van der Waals surface area contributed by atoms with Gasteiger partial charge in [0.05, 0.1) is 30.0 Å². The van der Waals surface area contributed by atoms with E-state index >= 15 is 0 Å². The van der Waals surface area contributed by atoms with Gasteiger partial charge in [-0.1, -0.05) is 31.2 Å². The van der Waals surface area contributed by atoms with Crippen LogP contribution >= 0.6 is 11.3 Å². The first-order valence-electron chi connectivity index (χ1n) is 10.9. The number of nitrogens with zero attached hydrogens (tertiary/aromatic N) is 2. The third kappa shape index (κ3) is 4.30. The second-order valence-corrected chi connectivity index (χ2v) is 8.84. The zero-order valence-corrected chi connectivity index (χ0v) is 20.0. The summed E-state index contributed by atoms with van der Waals surface area (Å²) in [5, 5.41) is 9.03. The Morgan fingerprint density at radius 1 is 1.15 bits per heavy atom. The molecule has 1 N–H and O–H groups in total. The van der Waals surface area contributed by atoms with E-state index in [9.17, 15) is 9.59 Å². The van der Waals surface area contributed by atoms with Crippen LogP contribution in [-0.2, 0) is 11.2 Å². The third-order valence-corrected chi connectivity index (χ3v) is 7.03. The maximum Gasteiger partial charge on any atom is 0.276 e. The molecule has 0 bridgehead atoms. The zero-order valence-electron chi connectivity index (χ0n) is 19.2. The Balaban J connectivity index is 1.56. The fourth-order valence-electron chi connectivity index (χ4n) is 4.04. The molecule has 2 aromatic heterocycles. The lowest BCUT2D eigenvalue weighted by molar-refractivity contribution is -0.124. The van der Waals surface area contributed by atoms with Gasteiger partial charge < -0.3 is 14.8 Å². The number of fused-ring (bicyclic) bond motifs is 3. The van der Waals surface area contributed by atoms with Gasteiger partial charge in [0.25, 0.3) is 5.56 Å². The molecule has 0 aliphatic rings. The van der Waals surface area contributed by atoms with Crippen molar-refractivity contribution in [3.63, 3.8) is 0 Å². The number of aryl methyl sites for hydroxylation is 1. The van der Waals surface area contributed by atoms with Gasteiger partial charge in [-0.3, -0.25) is 9.59 Å². The standard InChI is InChI=1S/C25H27N3O4S/c1-5-18(24(29)26-13-12-16-10-11-19(31-3)20(14-16)32-4)28-25(30)22-17-8-6-7-9-21(17)33-23(22)15(2)27-28/h6-11,14,18H,5,12-13H2,1-4H3,(H,26,29)/t18-/m1/s1. The summed E-state index contributed by atoms with van der Waals surface area (Å²) in [7, 11) is 3.19. The molecule has 2 aromatic carbocycles. The number of amides is 1. The number of ether oxygens (including phenoxy) is 2. The minimum Gasteiger partial charge on any atom is -0.493 e. The molecule has 33 heavy (non-hydrogen) atoms. The molecule has 0 fully saturated rings. The number of methoxy groups -OCH3 is 2. The van der Waals surface area contributed by atoms with E-state index in [1.807, 2.05) is 56.3 Å². The highest BCUT2D eigenvalue weighted by molar-refractivity contribution is 7.26. The van der Waals surface area contributed by atoms with Crippen molar-refractivity contribution >= 4 is 37.4 Å². The van der Waals surface area contributed by atoms with Crippen molar-refractivity contribution < 1.29 is 14.3 Å². The average molecular weight is 466 g/mol. The van der Waals surface area contributed by atoms with E-state index in [2.05, 4.69) is 10.4 Å². The molecule has 7 nitrogen and oxygen atoms in total. The van der Waals surface area contributed by atoms with Gasteiger partial charge in [0.2, 0.25) is 5.91 Å². The summed E-state index contributed by atoms with van der Waals surface area (Å²) in [6.07, 6.45) is 1.08. The highest BCUT2D eigenvalue weighted by atomic mass is 32.1. The molecule has 0 unspecified atom stereocenters. The molecular weight excluding hydrogens is 438 g/mol. The summed E-state index contributed by atoms with van der Waals surface area (Å²) < 4.78 is 13.9. The first-order valence-corrected chi connectivity index (χ1v) is 11.7. The van der Waals surface area contributed by atoms with Crippen molar-refractivity contribution in [3.8, 4) is 11.5 Å². The lowest BCUT2D eigenvalue weighted by atomic mass is 10.1. The van der Waals surface area contributed by atoms with Crippen LogP contribution < -0.4 is 20.3 Å². The number of thiophene rings is 1. The first kappa shape index (κ1) is 22.8. The molecular formula is C25H27N3O4S. The number of hydrogen-bond donors (Lipinski definition) is 1. The smallest absolute Gasteiger partial charge is 0.276 e. The number of rotatable bonds is 8. The molecule has 0 saturated heterocycles. The van der Waals surface area contributed by atoms with Crippen LogP contribution in [0, 0.1) is 6.92 Å². The summed E-state index contributed by atoms with van der Waals surface area (Å²) in [6, 6.07) is 12.8. The largest absolute Gasteiger partial charge is 0.493 e. The topological polar surface area (TPSA) is 82.4 Å². The van der Waals surface area contributed by atoms with Gasteiger partial charge in [-0.25, -0.2) is 4.68 Å². The van der Waals surface area contributed by atoms with E-state index in [0.717, 1.165) is 26.0 Å². The molecule has 4 rings (SSSR count). The molecule has 1 atom stereocenters. The second kappa shape index (κ2) is 9.62. The van der Waals surface area contributed by atoms with Crippen LogP contribution in [0.5, 0.6) is 11.5 Å². The molecule has 2 heterocycles. The van der Waals surface area contributed by atoms with Gasteiger partial charge in [-0.15, -0.1) is 11.3 Å². The van der Waals surface area contributed by atoms with Crippen molar-refractivity contribution in [1.29, 1.82) is 0 Å². The second-order valence-electron chi connectivity index (χ2n) is 7.79. The Kier molecular flexibility index (Phi) is 6.65. The minimum atomic E-state index is -0.676. The molecule has 0 aliphatic carbocycles. The van der Waals surface area contributed by atoms with Crippen LogP contribution in [-0.4, -0.2) is 36.5 Å². The van der Waals surface area contributed by atoms with Crippen LogP contribution in [0.4, 0.5) is 0 Å². The predicted octanol–water partition coefficient (Wildman–Crippen LogP) is 4.25. The highest BCUT2D eigenvalue weighted by Gasteiger charge is 2.24. The predicted molar refractivity (Wildman–Crippen MR) is 132 cm³/mol. The van der Waals surface area contributed by atoms with Gasteiger partial charge in [0.15, 0.2) is 11.5 Å². The lowest BCUT2D eigenvalue weighted by Gasteiger charge is -2.18. The van der Waals surface area contributed by atoms with E-state index in [0.29, 0.717) is 36.3 Å². The maximum absolute atomic E-state index is 13.4. The van der Waals surface area contributed by atoms with E-state index in [4.69, 9.17) is 9.47 Å². The van der Waals surface area contributed by atoms with Crippen molar-refractivity contribution in [2.75, 3.05) is 20.8 Å². The average Bonchev–Trinajstić information content (AvgIpc) is 3.23. The van der Waals surface area contributed by atoms with Crippen molar-refractivity contribution in [1.82, 2.24) is 15.1 Å². The van der Waals surface area contributed by atoms with Gasteiger partial charge in [0.1, 0.15) is 6.04 Å². The number of hydrogen-bond acceptors (Lipinski definition) is 6. The molecule has 0 spiro atoms. The summed E-state index contributed by atoms with van der Waals surface area (Å²) >= 11 is 1.56. The van der Waals surface area contributed by atoms with Crippen LogP contribution in [0.1, 0.15) is 30.6 Å². The number of carbonyl (C=O) groups excluding carboxylic acids is 1. The quantitative estimate of drug-likeness (QED) is 0.421. The lowest BCUT2D eigenvalue weighted by Crippen LogP contribution is -2.39. The normalized spacial score (nSPS) is 12.1. The Bertz CT molecular complexity index is 1380. The maximum atomic E-state index is 13.4. The van der Waals surface area contributed by atoms with Crippen molar-refractivity contribution in [2.45, 2.75) is 32.7 Å². The monoisotopic (exact) mass is 465 g/mol. The van der Waals surface area contributed by atoms with Crippen molar-refractivity contribution in [2.24, 2.45) is 0 Å². The minimum absolute atomic E-state index is 0.217. The number of aromatic nitrogens is 2. The fraction of sp³-hybridized carbons (Fsp3) is 0.320. The fourth-order valence-corrected chi connectivity index (χ4v) is 5.18. The Labute approximate surface area is 195 Å².